The van der Waals surface area contributed by atoms with E-state index in [1.54, 1.807) is 18.7 Å². The molecule has 0 heterocycles. The van der Waals surface area contributed by atoms with Gasteiger partial charge in [-0.2, -0.15) is 11.8 Å². The highest BCUT2D eigenvalue weighted by Crippen LogP contribution is 2.24. The molecule has 1 amide bonds. The Bertz CT molecular complexity index is 327. The van der Waals surface area contributed by atoms with Crippen LogP contribution in [0.5, 0.6) is 0 Å². The molecule has 0 saturated carbocycles. The van der Waals surface area contributed by atoms with E-state index in [1.807, 2.05) is 13.8 Å². The molecule has 0 aliphatic rings. The van der Waals surface area contributed by atoms with Crippen molar-refractivity contribution in [1.29, 1.82) is 0 Å². The van der Waals surface area contributed by atoms with Crippen LogP contribution >= 0.6 is 11.8 Å². The Morgan fingerprint density at radius 2 is 1.85 bits per heavy atom. The molecule has 2 atom stereocenters. The van der Waals surface area contributed by atoms with Gasteiger partial charge in [0.15, 0.2) is 0 Å². The molecule has 0 aromatic carbocycles. The summed E-state index contributed by atoms with van der Waals surface area (Å²) in [6, 6.07) is -1.27. The number of rotatable bonds is 7. The normalized spacial score (nSPS) is 14.8. The van der Waals surface area contributed by atoms with Crippen molar-refractivity contribution >= 4 is 23.6 Å². The van der Waals surface area contributed by atoms with Gasteiger partial charge in [0.25, 0.3) is 0 Å². The van der Waals surface area contributed by atoms with E-state index < -0.39 is 18.1 Å². The Kier molecular flexibility index (Phi) is 8.20. The molecule has 5 nitrogen and oxygen atoms in total. The Balaban J connectivity index is 4.68. The van der Waals surface area contributed by atoms with Gasteiger partial charge in [-0.1, -0.05) is 34.6 Å². The molecule has 0 aliphatic heterocycles. The second kappa shape index (κ2) is 8.52. The summed E-state index contributed by atoms with van der Waals surface area (Å²) in [5.41, 5.74) is 5.79. The van der Waals surface area contributed by atoms with E-state index in [1.165, 1.54) is 0 Å². The minimum absolute atomic E-state index is 0.00956. The first kappa shape index (κ1) is 19.2. The first-order chi connectivity index (χ1) is 9.08. The number of thioether (sulfide) groups is 1. The number of hydrogen-bond acceptors (Lipinski definition) is 5. The maximum atomic E-state index is 12.0. The van der Waals surface area contributed by atoms with Crippen molar-refractivity contribution in [3.05, 3.63) is 0 Å². The molecule has 20 heavy (non-hydrogen) atoms. The SMILES string of the molecule is CCOC(=O)[C@H](CSC(C)(C)C)NC(=O)[C@@H](N)C(C)C. The second-order valence-corrected chi connectivity index (χ2v) is 7.85. The van der Waals surface area contributed by atoms with Crippen LogP contribution in [0, 0.1) is 5.92 Å². The van der Waals surface area contributed by atoms with Crippen LogP contribution in [0.1, 0.15) is 41.5 Å². The van der Waals surface area contributed by atoms with Gasteiger partial charge >= 0.3 is 5.97 Å². The Hall–Kier alpha value is -0.750. The van der Waals surface area contributed by atoms with Gasteiger partial charge in [0.1, 0.15) is 6.04 Å². The average molecular weight is 304 g/mol. The van der Waals surface area contributed by atoms with Crippen molar-refractivity contribution in [2.75, 3.05) is 12.4 Å². The van der Waals surface area contributed by atoms with Gasteiger partial charge in [0.2, 0.25) is 5.91 Å². The van der Waals surface area contributed by atoms with Crippen LogP contribution in [-0.2, 0) is 14.3 Å². The first-order valence-corrected chi connectivity index (χ1v) is 7.93. The highest BCUT2D eigenvalue weighted by Gasteiger charge is 2.27. The largest absolute Gasteiger partial charge is 0.464 e. The van der Waals surface area contributed by atoms with E-state index in [9.17, 15) is 9.59 Å². The molecule has 6 heteroatoms. The third kappa shape index (κ3) is 7.75. The highest BCUT2D eigenvalue weighted by molar-refractivity contribution is 8.00. The lowest BCUT2D eigenvalue weighted by Gasteiger charge is -2.24. The van der Waals surface area contributed by atoms with Gasteiger partial charge in [-0.05, 0) is 12.8 Å². The highest BCUT2D eigenvalue weighted by atomic mass is 32.2. The lowest BCUT2D eigenvalue weighted by atomic mass is 10.0. The predicted octanol–water partition coefficient (Wildman–Crippen LogP) is 1.55. The molecule has 0 radical (unpaired) electrons. The van der Waals surface area contributed by atoms with Crippen molar-refractivity contribution in [2.24, 2.45) is 11.7 Å². The summed E-state index contributed by atoms with van der Waals surface area (Å²) in [4.78, 5) is 23.9. The summed E-state index contributed by atoms with van der Waals surface area (Å²) in [5.74, 6) is -0.229. The predicted molar refractivity (Wildman–Crippen MR) is 83.6 cm³/mol. The molecule has 0 aromatic heterocycles. The number of esters is 1. The topological polar surface area (TPSA) is 81.4 Å². The molecular weight excluding hydrogens is 276 g/mol. The van der Waals surface area contributed by atoms with E-state index >= 15 is 0 Å². The lowest BCUT2D eigenvalue weighted by Crippen LogP contribution is -2.52. The zero-order chi connectivity index (χ0) is 15.9. The van der Waals surface area contributed by atoms with Crippen molar-refractivity contribution in [3.8, 4) is 0 Å². The number of carbonyl (C=O) groups excluding carboxylic acids is 2. The van der Waals surface area contributed by atoms with Crippen LogP contribution in [0.15, 0.2) is 0 Å². The lowest BCUT2D eigenvalue weighted by molar-refractivity contribution is -0.146. The summed E-state index contributed by atoms with van der Waals surface area (Å²) < 4.78 is 5.01. The van der Waals surface area contributed by atoms with E-state index in [4.69, 9.17) is 10.5 Å². The van der Waals surface area contributed by atoms with Gasteiger partial charge in [-0.3, -0.25) is 4.79 Å². The van der Waals surface area contributed by atoms with Gasteiger partial charge in [0, 0.05) is 10.5 Å². The number of ether oxygens (including phenoxy) is 1. The van der Waals surface area contributed by atoms with Crippen molar-refractivity contribution in [3.63, 3.8) is 0 Å². The van der Waals surface area contributed by atoms with Crippen LogP contribution in [0.3, 0.4) is 0 Å². The summed E-state index contributed by atoms with van der Waals surface area (Å²) in [7, 11) is 0. The molecule has 0 fully saturated rings. The minimum Gasteiger partial charge on any atom is -0.464 e. The molecule has 0 rings (SSSR count). The fraction of sp³-hybridized carbons (Fsp3) is 0.857. The number of hydrogen-bond donors (Lipinski definition) is 2. The summed E-state index contributed by atoms with van der Waals surface area (Å²) in [6.45, 7) is 11.9. The van der Waals surface area contributed by atoms with E-state index in [0.717, 1.165) is 0 Å². The van der Waals surface area contributed by atoms with Gasteiger partial charge in [-0.25, -0.2) is 4.79 Å². The van der Waals surface area contributed by atoms with Gasteiger partial charge in [0.05, 0.1) is 12.6 Å². The van der Waals surface area contributed by atoms with Crippen molar-refractivity contribution in [1.82, 2.24) is 5.32 Å². The minimum atomic E-state index is -0.656. The number of nitrogens with one attached hydrogen (secondary N) is 1. The van der Waals surface area contributed by atoms with Crippen LogP contribution < -0.4 is 11.1 Å². The molecular formula is C14H28N2O3S. The third-order valence-corrected chi connectivity index (χ3v) is 3.96. The molecule has 0 aliphatic carbocycles. The molecule has 0 aromatic rings. The van der Waals surface area contributed by atoms with Crippen LogP contribution in [-0.4, -0.2) is 41.1 Å². The summed E-state index contributed by atoms with van der Waals surface area (Å²) >= 11 is 1.60. The van der Waals surface area contributed by atoms with Crippen LogP contribution in [0.4, 0.5) is 0 Å². The summed E-state index contributed by atoms with van der Waals surface area (Å²) in [6.07, 6.45) is 0. The van der Waals surface area contributed by atoms with Gasteiger partial charge in [-0.15, -0.1) is 0 Å². The molecule has 3 N–H and O–H groups in total. The smallest absolute Gasteiger partial charge is 0.329 e. The Morgan fingerprint density at radius 3 is 2.25 bits per heavy atom. The quantitative estimate of drug-likeness (QED) is 0.697. The zero-order valence-electron chi connectivity index (χ0n) is 13.4. The van der Waals surface area contributed by atoms with Gasteiger partial charge < -0.3 is 15.8 Å². The molecule has 0 saturated heterocycles. The van der Waals surface area contributed by atoms with Crippen LogP contribution in [0.2, 0.25) is 0 Å². The van der Waals surface area contributed by atoms with E-state index in [-0.39, 0.29) is 16.6 Å². The van der Waals surface area contributed by atoms with E-state index in [2.05, 4.69) is 26.1 Å². The second-order valence-electron chi connectivity index (χ2n) is 6.01. The molecule has 0 bridgehead atoms. The third-order valence-electron chi connectivity index (χ3n) is 2.59. The number of nitrogens with two attached hydrogens (primary N) is 1. The zero-order valence-corrected chi connectivity index (χ0v) is 14.2. The Morgan fingerprint density at radius 1 is 1.30 bits per heavy atom. The van der Waals surface area contributed by atoms with E-state index in [0.29, 0.717) is 12.4 Å². The maximum absolute atomic E-state index is 12.0. The number of carbonyl (C=O) groups is 2. The van der Waals surface area contributed by atoms with Crippen LogP contribution in [0.25, 0.3) is 0 Å². The molecule has 118 valence electrons. The fourth-order valence-corrected chi connectivity index (χ4v) is 2.20. The monoisotopic (exact) mass is 304 g/mol. The average Bonchev–Trinajstić information content (AvgIpc) is 2.31. The summed E-state index contributed by atoms with van der Waals surface area (Å²) in [5, 5.41) is 2.70. The van der Waals surface area contributed by atoms with Crippen molar-refractivity contribution < 1.29 is 14.3 Å². The first-order valence-electron chi connectivity index (χ1n) is 6.95. The fourth-order valence-electron chi connectivity index (χ4n) is 1.32. The maximum Gasteiger partial charge on any atom is 0.329 e. The standard InChI is InChI=1S/C14H28N2O3S/c1-7-19-13(18)10(8-20-14(4,5)6)16-12(17)11(15)9(2)3/h9-11H,7-8,15H2,1-6H3,(H,16,17)/t10-,11-/m0/s1. The molecule has 0 spiro atoms. The molecule has 0 unspecified atom stereocenters. The Labute approximate surface area is 126 Å². The van der Waals surface area contributed by atoms with Crippen molar-refractivity contribution in [2.45, 2.75) is 58.4 Å². The number of amides is 1.